The molecule has 1 aromatic carbocycles. The molecule has 2 aromatic rings. The van der Waals surface area contributed by atoms with Gasteiger partial charge in [0.2, 0.25) is 0 Å². The third kappa shape index (κ3) is 2.66. The van der Waals surface area contributed by atoms with Crippen LogP contribution in [0.2, 0.25) is 0 Å². The summed E-state index contributed by atoms with van der Waals surface area (Å²) in [6.45, 7) is 5.41. The third-order valence-corrected chi connectivity index (χ3v) is 4.21. The molecule has 1 aliphatic heterocycles. The lowest BCUT2D eigenvalue weighted by atomic mass is 9.94. The maximum Gasteiger partial charge on any atom is 0.293 e. The first-order chi connectivity index (χ1) is 10.6. The van der Waals surface area contributed by atoms with Crippen molar-refractivity contribution in [2.24, 2.45) is 5.73 Å². The molecule has 4 nitrogen and oxygen atoms in total. The predicted molar refractivity (Wildman–Crippen MR) is 87.1 cm³/mol. The highest BCUT2D eigenvalue weighted by Gasteiger charge is 2.26. The van der Waals surface area contributed by atoms with Crippen LogP contribution in [-0.2, 0) is 13.0 Å². The molecule has 1 aliphatic rings. The molecule has 116 valence electrons. The molecule has 0 fully saturated rings. The highest BCUT2D eigenvalue weighted by molar-refractivity contribution is 6.05. The van der Waals surface area contributed by atoms with E-state index in [1.165, 1.54) is 11.1 Å². The Kier molecular flexibility index (Phi) is 4.03. The SMILES string of the molecule is CC(C)c1ccc2c(c1)CCCN2C(=O)c1ccc(CN)o1. The van der Waals surface area contributed by atoms with Gasteiger partial charge in [-0.3, -0.25) is 4.79 Å². The van der Waals surface area contributed by atoms with Crippen LogP contribution in [0, 0.1) is 0 Å². The van der Waals surface area contributed by atoms with Crippen molar-refractivity contribution in [3.05, 3.63) is 53.0 Å². The Morgan fingerprint density at radius 1 is 1.32 bits per heavy atom. The maximum absolute atomic E-state index is 12.7. The molecule has 2 heterocycles. The topological polar surface area (TPSA) is 59.5 Å². The van der Waals surface area contributed by atoms with Crippen molar-refractivity contribution >= 4 is 11.6 Å². The summed E-state index contributed by atoms with van der Waals surface area (Å²) in [4.78, 5) is 14.5. The molecule has 3 rings (SSSR count). The van der Waals surface area contributed by atoms with E-state index >= 15 is 0 Å². The second-order valence-electron chi connectivity index (χ2n) is 6.07. The van der Waals surface area contributed by atoms with Crippen molar-refractivity contribution in [3.63, 3.8) is 0 Å². The first-order valence-electron chi connectivity index (χ1n) is 7.83. The van der Waals surface area contributed by atoms with E-state index in [1.807, 2.05) is 4.90 Å². The minimum Gasteiger partial charge on any atom is -0.455 e. The molecule has 0 radical (unpaired) electrons. The smallest absolute Gasteiger partial charge is 0.293 e. The Bertz CT molecular complexity index is 688. The van der Waals surface area contributed by atoms with Gasteiger partial charge < -0.3 is 15.1 Å². The zero-order valence-electron chi connectivity index (χ0n) is 13.1. The van der Waals surface area contributed by atoms with E-state index < -0.39 is 0 Å². The second-order valence-corrected chi connectivity index (χ2v) is 6.07. The van der Waals surface area contributed by atoms with Crippen molar-refractivity contribution in [1.29, 1.82) is 0 Å². The monoisotopic (exact) mass is 298 g/mol. The Morgan fingerprint density at radius 3 is 2.82 bits per heavy atom. The van der Waals surface area contributed by atoms with Crippen LogP contribution in [-0.4, -0.2) is 12.5 Å². The normalized spacial score (nSPS) is 14.3. The first kappa shape index (κ1) is 14.9. The molecule has 4 heteroatoms. The average molecular weight is 298 g/mol. The summed E-state index contributed by atoms with van der Waals surface area (Å²) in [5.41, 5.74) is 9.11. The standard InChI is InChI=1S/C18H22N2O2/c1-12(2)13-5-7-16-14(10-13)4-3-9-20(16)18(21)17-8-6-15(11-19)22-17/h5-8,10,12H,3-4,9,11,19H2,1-2H3. The summed E-state index contributed by atoms with van der Waals surface area (Å²) in [7, 11) is 0. The van der Waals surface area contributed by atoms with Gasteiger partial charge in [0.05, 0.1) is 6.54 Å². The zero-order chi connectivity index (χ0) is 15.7. The van der Waals surface area contributed by atoms with Crippen LogP contribution in [0.25, 0.3) is 0 Å². The fourth-order valence-corrected chi connectivity index (χ4v) is 2.92. The van der Waals surface area contributed by atoms with Crippen LogP contribution in [0.15, 0.2) is 34.7 Å². The van der Waals surface area contributed by atoms with Crippen LogP contribution < -0.4 is 10.6 Å². The summed E-state index contributed by atoms with van der Waals surface area (Å²) in [5.74, 6) is 1.41. The Hall–Kier alpha value is -2.07. The summed E-state index contributed by atoms with van der Waals surface area (Å²) in [6, 6.07) is 9.88. The summed E-state index contributed by atoms with van der Waals surface area (Å²) in [5, 5.41) is 0. The first-order valence-corrected chi connectivity index (χ1v) is 7.83. The average Bonchev–Trinajstić information content (AvgIpc) is 3.02. The highest BCUT2D eigenvalue weighted by Crippen LogP contribution is 2.31. The van der Waals surface area contributed by atoms with E-state index in [1.54, 1.807) is 12.1 Å². The minimum absolute atomic E-state index is 0.0852. The van der Waals surface area contributed by atoms with E-state index in [0.29, 0.717) is 24.0 Å². The van der Waals surface area contributed by atoms with Gasteiger partial charge in [0, 0.05) is 12.2 Å². The number of fused-ring (bicyclic) bond motifs is 1. The number of rotatable bonds is 3. The number of carbonyl (C=O) groups is 1. The fourth-order valence-electron chi connectivity index (χ4n) is 2.92. The molecule has 2 N–H and O–H groups in total. The van der Waals surface area contributed by atoms with E-state index in [2.05, 4.69) is 32.0 Å². The molecule has 0 saturated carbocycles. The van der Waals surface area contributed by atoms with Gasteiger partial charge in [-0.25, -0.2) is 0 Å². The molecule has 1 amide bonds. The molecule has 0 aliphatic carbocycles. The minimum atomic E-state index is -0.0852. The van der Waals surface area contributed by atoms with E-state index in [-0.39, 0.29) is 5.91 Å². The Morgan fingerprint density at radius 2 is 2.14 bits per heavy atom. The molecular formula is C18H22N2O2. The molecular weight excluding hydrogens is 276 g/mol. The van der Waals surface area contributed by atoms with Gasteiger partial charge in [-0.2, -0.15) is 0 Å². The van der Waals surface area contributed by atoms with Gasteiger partial charge >= 0.3 is 0 Å². The van der Waals surface area contributed by atoms with Crippen LogP contribution in [0.1, 0.15) is 53.6 Å². The molecule has 0 saturated heterocycles. The second kappa shape index (κ2) is 5.97. The summed E-state index contributed by atoms with van der Waals surface area (Å²) in [6.07, 6.45) is 2.00. The van der Waals surface area contributed by atoms with Gasteiger partial charge in [0.1, 0.15) is 5.76 Å². The number of benzene rings is 1. The summed E-state index contributed by atoms with van der Waals surface area (Å²) < 4.78 is 5.51. The molecule has 0 atom stereocenters. The molecule has 1 aromatic heterocycles. The van der Waals surface area contributed by atoms with Crippen molar-refractivity contribution in [2.75, 3.05) is 11.4 Å². The van der Waals surface area contributed by atoms with E-state index in [4.69, 9.17) is 10.2 Å². The number of hydrogen-bond acceptors (Lipinski definition) is 3. The van der Waals surface area contributed by atoms with Crippen LogP contribution >= 0.6 is 0 Å². The predicted octanol–water partition coefficient (Wildman–Crippen LogP) is 3.45. The van der Waals surface area contributed by atoms with Gasteiger partial charge in [0.25, 0.3) is 5.91 Å². The lowest BCUT2D eigenvalue weighted by molar-refractivity contribution is 0.0956. The number of aryl methyl sites for hydroxylation is 1. The van der Waals surface area contributed by atoms with Crippen molar-refractivity contribution in [3.8, 4) is 0 Å². The van der Waals surface area contributed by atoms with Crippen molar-refractivity contribution in [1.82, 2.24) is 0 Å². The highest BCUT2D eigenvalue weighted by atomic mass is 16.4. The number of carbonyl (C=O) groups excluding carboxylic acids is 1. The largest absolute Gasteiger partial charge is 0.455 e. The Balaban J connectivity index is 1.92. The third-order valence-electron chi connectivity index (χ3n) is 4.21. The number of hydrogen-bond donors (Lipinski definition) is 1. The number of nitrogens with zero attached hydrogens (tertiary/aromatic N) is 1. The molecule has 0 unspecified atom stereocenters. The maximum atomic E-state index is 12.7. The van der Waals surface area contributed by atoms with Crippen LogP contribution in [0.4, 0.5) is 5.69 Å². The number of anilines is 1. The molecule has 0 bridgehead atoms. The lowest BCUT2D eigenvalue weighted by Crippen LogP contribution is -2.35. The lowest BCUT2D eigenvalue weighted by Gasteiger charge is -2.29. The van der Waals surface area contributed by atoms with Gasteiger partial charge in [-0.15, -0.1) is 0 Å². The quantitative estimate of drug-likeness (QED) is 0.944. The fraction of sp³-hybridized carbons (Fsp3) is 0.389. The van der Waals surface area contributed by atoms with Crippen LogP contribution in [0.5, 0.6) is 0 Å². The molecule has 22 heavy (non-hydrogen) atoms. The number of nitrogens with two attached hydrogens (primary N) is 1. The Labute approximate surface area is 130 Å². The van der Waals surface area contributed by atoms with Gasteiger partial charge in [-0.05, 0) is 48.1 Å². The number of furan rings is 1. The van der Waals surface area contributed by atoms with E-state index in [9.17, 15) is 4.79 Å². The van der Waals surface area contributed by atoms with Crippen LogP contribution in [0.3, 0.4) is 0 Å². The van der Waals surface area contributed by atoms with Crippen molar-refractivity contribution < 1.29 is 9.21 Å². The van der Waals surface area contributed by atoms with E-state index in [0.717, 1.165) is 25.1 Å². The van der Waals surface area contributed by atoms with Crippen molar-refractivity contribution in [2.45, 2.75) is 39.2 Å². The van der Waals surface area contributed by atoms with Gasteiger partial charge in [-0.1, -0.05) is 26.0 Å². The van der Waals surface area contributed by atoms with Gasteiger partial charge in [0.15, 0.2) is 5.76 Å². The summed E-state index contributed by atoms with van der Waals surface area (Å²) >= 11 is 0. The number of amides is 1. The zero-order valence-corrected chi connectivity index (χ0v) is 13.1. The molecule has 0 spiro atoms.